The molecule has 6 aromatic rings. The fourth-order valence-electron chi connectivity index (χ4n) is 10.1. The van der Waals surface area contributed by atoms with Gasteiger partial charge in [0.2, 0.25) is 21.7 Å². The SMILES string of the molecule is C=Cc1c(C(=O)[C@H](CCc2ccccc2)NC(=O)[C@H](Cc2ccc(O)cc2)NC(=O)N2CCOCC2)cccc1S(=O)(=O)c1cccc(C(=O)[C@H](CCc2ccccc2)NC(=O)[C@H](Cc2ccc(O)cc2)NC(=O)N2CCOCC2)c1C=C. The van der Waals surface area contributed by atoms with Gasteiger partial charge in [-0.15, -0.1) is 0 Å². The van der Waals surface area contributed by atoms with Crippen LogP contribution in [0.3, 0.4) is 0 Å². The number of benzene rings is 6. The summed E-state index contributed by atoms with van der Waals surface area (Å²) in [4.78, 5) is 89.1. The first-order valence-electron chi connectivity index (χ1n) is 27.5. The summed E-state index contributed by atoms with van der Waals surface area (Å²) in [5.41, 5.74) is 2.64. The maximum atomic E-state index is 15.3. The van der Waals surface area contributed by atoms with Crippen molar-refractivity contribution in [3.05, 3.63) is 203 Å². The molecule has 2 aliphatic heterocycles. The maximum absolute atomic E-state index is 15.3. The van der Waals surface area contributed by atoms with Crippen LogP contribution in [-0.2, 0) is 54.6 Å². The fraction of sp³-hybridized carbons (Fsp3) is 0.281. The number of rotatable bonds is 24. The Morgan fingerprint density at radius 2 is 0.831 bits per heavy atom. The summed E-state index contributed by atoms with van der Waals surface area (Å²) in [6.07, 6.45) is 3.26. The number of nitrogens with one attached hydrogen (secondary N) is 4. The molecule has 2 aliphatic rings. The van der Waals surface area contributed by atoms with Crippen molar-refractivity contribution in [2.45, 2.75) is 72.5 Å². The van der Waals surface area contributed by atoms with E-state index >= 15 is 18.0 Å². The minimum absolute atomic E-state index is 0.00408. The highest BCUT2D eigenvalue weighted by molar-refractivity contribution is 7.91. The maximum Gasteiger partial charge on any atom is 0.318 e. The number of Topliss-reactive ketones (excluding diaryl/α,β-unsaturated/α-hetero) is 2. The minimum atomic E-state index is -4.67. The molecular formula is C64H68N6O12S. The largest absolute Gasteiger partial charge is 0.508 e. The number of aromatic hydroxyl groups is 2. The lowest BCUT2D eigenvalue weighted by Gasteiger charge is -2.30. The molecule has 2 saturated heterocycles. The van der Waals surface area contributed by atoms with Crippen LogP contribution in [0.4, 0.5) is 9.59 Å². The average molecular weight is 1150 g/mol. The van der Waals surface area contributed by atoms with E-state index in [0.29, 0.717) is 76.6 Å². The van der Waals surface area contributed by atoms with Crippen LogP contribution >= 0.6 is 0 Å². The zero-order valence-corrected chi connectivity index (χ0v) is 46.7. The highest BCUT2D eigenvalue weighted by Crippen LogP contribution is 2.33. The molecule has 6 amide bonds. The number of amides is 6. The Balaban J connectivity index is 1.11. The molecule has 0 aromatic heterocycles. The van der Waals surface area contributed by atoms with Crippen LogP contribution in [0.5, 0.6) is 11.5 Å². The van der Waals surface area contributed by atoms with E-state index in [9.17, 15) is 29.4 Å². The fourth-order valence-corrected chi connectivity index (χ4v) is 11.8. The Bertz CT molecular complexity index is 3170. The van der Waals surface area contributed by atoms with Crippen LogP contribution < -0.4 is 21.3 Å². The van der Waals surface area contributed by atoms with Gasteiger partial charge in [0.1, 0.15) is 23.6 Å². The number of phenols is 2. The van der Waals surface area contributed by atoms with Crippen molar-refractivity contribution in [1.29, 1.82) is 0 Å². The van der Waals surface area contributed by atoms with Crippen molar-refractivity contribution in [3.8, 4) is 11.5 Å². The number of ketones is 2. The zero-order chi connectivity index (χ0) is 58.9. The number of carbonyl (C=O) groups excluding carboxylic acids is 6. The second-order valence-corrected chi connectivity index (χ2v) is 22.1. The molecule has 0 radical (unpaired) electrons. The number of nitrogens with zero attached hydrogens (tertiary/aromatic N) is 2. The van der Waals surface area contributed by atoms with Crippen LogP contribution in [0.25, 0.3) is 12.2 Å². The van der Waals surface area contributed by atoms with Gasteiger partial charge in [-0.2, -0.15) is 0 Å². The predicted octanol–water partition coefficient (Wildman–Crippen LogP) is 7.12. The van der Waals surface area contributed by atoms with E-state index < -0.39 is 69.4 Å². The second kappa shape index (κ2) is 28.7. The number of hydrogen-bond donors (Lipinski definition) is 6. The third-order valence-electron chi connectivity index (χ3n) is 14.6. The number of sulfone groups is 1. The highest BCUT2D eigenvalue weighted by atomic mass is 32.2. The van der Waals surface area contributed by atoms with Gasteiger partial charge >= 0.3 is 12.1 Å². The summed E-state index contributed by atoms with van der Waals surface area (Å²) in [6, 6.07) is 33.3. The van der Waals surface area contributed by atoms with E-state index in [1.165, 1.54) is 82.6 Å². The normalized spacial score (nSPS) is 14.9. The van der Waals surface area contributed by atoms with Gasteiger partial charge < -0.3 is 50.8 Å². The summed E-state index contributed by atoms with van der Waals surface area (Å²) in [7, 11) is -4.67. The first kappa shape index (κ1) is 60.2. The van der Waals surface area contributed by atoms with E-state index in [2.05, 4.69) is 34.4 Å². The van der Waals surface area contributed by atoms with Crippen molar-refractivity contribution in [3.63, 3.8) is 0 Å². The lowest BCUT2D eigenvalue weighted by atomic mass is 9.94. The van der Waals surface area contributed by atoms with Gasteiger partial charge in [0.25, 0.3) is 0 Å². The summed E-state index contributed by atoms with van der Waals surface area (Å²) in [5, 5.41) is 31.5. The smallest absolute Gasteiger partial charge is 0.318 e. The van der Waals surface area contributed by atoms with E-state index in [0.717, 1.165) is 11.1 Å². The standard InChI is InChI=1S/C64H68N6O12S/c1-3-49-51(59(73)53(31-25-43-13-7-5-8-14-43)65-61(75)55(41-45-21-27-47(71)28-22-45)67-63(77)69-33-37-81-38-34-69)17-11-19-57(49)83(79,80)58-20-12-18-52(50(58)4-2)60(74)54(32-26-44-15-9-6-10-16-44)66-62(76)56(42-46-23-29-48(72)30-24-46)68-64(78)70-35-39-82-40-36-70/h3-24,27-30,53-56,71-72H,1-2,25-26,31-42H2,(H,65,75)(H,66,76)(H,67,77)(H,68,78)/t53-,54-,55-,56-/m0/s1. The van der Waals surface area contributed by atoms with Gasteiger partial charge in [0, 0.05) is 61.3 Å². The molecule has 2 heterocycles. The number of ether oxygens (including phenoxy) is 2. The van der Waals surface area contributed by atoms with Crippen molar-refractivity contribution in [2.75, 3.05) is 52.6 Å². The van der Waals surface area contributed by atoms with Crippen molar-refractivity contribution in [2.24, 2.45) is 0 Å². The molecule has 0 aliphatic carbocycles. The molecule has 19 heteroatoms. The van der Waals surface area contributed by atoms with Crippen molar-refractivity contribution >= 4 is 57.4 Å². The molecule has 0 unspecified atom stereocenters. The molecule has 4 atom stereocenters. The van der Waals surface area contributed by atoms with Crippen LogP contribution in [0.15, 0.2) is 169 Å². The number of hydrogen-bond acceptors (Lipinski definition) is 12. The molecule has 6 aromatic carbocycles. The summed E-state index contributed by atoms with van der Waals surface area (Å²) >= 11 is 0. The summed E-state index contributed by atoms with van der Waals surface area (Å²) in [5.74, 6) is -2.63. The molecule has 83 heavy (non-hydrogen) atoms. The van der Waals surface area contributed by atoms with E-state index in [1.54, 1.807) is 24.3 Å². The highest BCUT2D eigenvalue weighted by Gasteiger charge is 2.35. The van der Waals surface area contributed by atoms with Crippen molar-refractivity contribution < 1.29 is 56.9 Å². The molecular weight excluding hydrogens is 1080 g/mol. The van der Waals surface area contributed by atoms with Gasteiger partial charge in [-0.25, -0.2) is 18.0 Å². The van der Waals surface area contributed by atoms with Gasteiger partial charge in [-0.1, -0.05) is 135 Å². The monoisotopic (exact) mass is 1140 g/mol. The van der Waals surface area contributed by atoms with Crippen LogP contribution in [0.2, 0.25) is 0 Å². The predicted molar refractivity (Wildman–Crippen MR) is 314 cm³/mol. The first-order chi connectivity index (χ1) is 40.1. The zero-order valence-electron chi connectivity index (χ0n) is 45.9. The van der Waals surface area contributed by atoms with E-state index in [1.807, 2.05) is 60.7 Å². The Morgan fingerprint density at radius 3 is 1.18 bits per heavy atom. The Hall–Kier alpha value is -8.91. The van der Waals surface area contributed by atoms with Gasteiger partial charge in [-0.05, 0) is 84.3 Å². The number of urea groups is 2. The summed E-state index contributed by atoms with van der Waals surface area (Å²) < 4.78 is 41.5. The Kier molecular flexibility index (Phi) is 20.8. The molecule has 18 nitrogen and oxygen atoms in total. The number of morpholine rings is 2. The van der Waals surface area contributed by atoms with Crippen LogP contribution in [0.1, 0.15) is 66.9 Å². The minimum Gasteiger partial charge on any atom is -0.508 e. The van der Waals surface area contributed by atoms with Gasteiger partial charge in [0.15, 0.2) is 11.6 Å². The van der Waals surface area contributed by atoms with E-state index in [-0.39, 0.29) is 69.2 Å². The van der Waals surface area contributed by atoms with Gasteiger partial charge in [0.05, 0.1) is 48.3 Å². The molecule has 0 spiro atoms. The summed E-state index contributed by atoms with van der Waals surface area (Å²) in [6.45, 7) is 10.3. The number of aryl methyl sites for hydroxylation is 2. The Labute approximate surface area is 483 Å². The average Bonchev–Trinajstić information content (AvgIpc) is 3.60. The quantitative estimate of drug-likeness (QED) is 0.0332. The topological polar surface area (TPSA) is 250 Å². The Morgan fingerprint density at radius 1 is 0.470 bits per heavy atom. The van der Waals surface area contributed by atoms with Crippen LogP contribution in [-0.4, -0.2) is 141 Å². The second-order valence-electron chi connectivity index (χ2n) is 20.2. The molecule has 0 bridgehead atoms. The lowest BCUT2D eigenvalue weighted by Crippen LogP contribution is -2.56. The third-order valence-corrected chi connectivity index (χ3v) is 16.5. The lowest BCUT2D eigenvalue weighted by molar-refractivity contribution is -0.124. The molecule has 6 N–H and O–H groups in total. The number of phenolic OH excluding ortho intramolecular Hbond substituents is 2. The molecule has 0 saturated carbocycles. The molecule has 8 rings (SSSR count). The first-order valence-corrected chi connectivity index (χ1v) is 29.0. The van der Waals surface area contributed by atoms with E-state index in [4.69, 9.17) is 9.47 Å². The van der Waals surface area contributed by atoms with Crippen molar-refractivity contribution in [1.82, 2.24) is 31.1 Å². The third kappa shape index (κ3) is 15.8. The molecule has 432 valence electrons. The van der Waals surface area contributed by atoms with Crippen LogP contribution in [0, 0.1) is 0 Å². The van der Waals surface area contributed by atoms with Gasteiger partial charge in [-0.3, -0.25) is 19.2 Å². The molecule has 2 fully saturated rings. The number of carbonyl (C=O) groups is 6.